The van der Waals surface area contributed by atoms with Gasteiger partial charge in [0.05, 0.1) is 0 Å². The van der Waals surface area contributed by atoms with Crippen LogP contribution in [-0.4, -0.2) is 27.1 Å². The lowest BCUT2D eigenvalue weighted by molar-refractivity contribution is 0.0691. The highest BCUT2D eigenvalue weighted by Crippen LogP contribution is 2.18. The van der Waals surface area contributed by atoms with Crippen molar-refractivity contribution >= 4 is 11.8 Å². The molecule has 0 aliphatic carbocycles. The average Bonchev–Trinajstić information content (AvgIpc) is 2.31. The van der Waals surface area contributed by atoms with Crippen LogP contribution < -0.4 is 5.32 Å². The molecule has 0 saturated carbocycles. The van der Waals surface area contributed by atoms with Crippen molar-refractivity contribution in [2.24, 2.45) is 5.92 Å². The van der Waals surface area contributed by atoms with Crippen LogP contribution in [0, 0.1) is 5.92 Å². The summed E-state index contributed by atoms with van der Waals surface area (Å²) in [5.74, 6) is -0.213. The third-order valence-electron chi connectivity index (χ3n) is 3.02. The Bertz CT molecular complexity index is 378. The van der Waals surface area contributed by atoms with E-state index < -0.39 is 5.97 Å². The highest BCUT2D eigenvalue weighted by Gasteiger charge is 2.18. The molecule has 5 heteroatoms. The number of anilines is 1. The molecular formula is C12H19N3O2. The van der Waals surface area contributed by atoms with Crippen molar-refractivity contribution in [2.45, 2.75) is 39.7 Å². The standard InChI is InChI=1S/C12H19N3O2/c1-4-9(5-2)8(3)15-11-10(12(16)17)13-6-7-14-11/h6-9H,4-5H2,1-3H3,(H,14,15)(H,16,17). The number of aromatic carboxylic acids is 1. The monoisotopic (exact) mass is 237 g/mol. The Morgan fingerprint density at radius 3 is 2.47 bits per heavy atom. The summed E-state index contributed by atoms with van der Waals surface area (Å²) >= 11 is 0. The molecule has 5 nitrogen and oxygen atoms in total. The van der Waals surface area contributed by atoms with Crippen LogP contribution in [0.3, 0.4) is 0 Å². The molecule has 0 aliphatic heterocycles. The fraction of sp³-hybridized carbons (Fsp3) is 0.583. The molecule has 0 bridgehead atoms. The van der Waals surface area contributed by atoms with Gasteiger partial charge in [0.15, 0.2) is 11.5 Å². The Hall–Kier alpha value is -1.65. The molecule has 2 N–H and O–H groups in total. The smallest absolute Gasteiger partial charge is 0.358 e. The van der Waals surface area contributed by atoms with E-state index in [1.807, 2.05) is 6.92 Å². The molecule has 0 aliphatic rings. The second kappa shape index (κ2) is 6.18. The number of hydrogen-bond donors (Lipinski definition) is 2. The molecule has 17 heavy (non-hydrogen) atoms. The van der Waals surface area contributed by atoms with Crippen molar-refractivity contribution in [2.75, 3.05) is 5.32 Å². The number of carboxylic acids is 1. The van der Waals surface area contributed by atoms with Crippen LogP contribution in [-0.2, 0) is 0 Å². The van der Waals surface area contributed by atoms with Gasteiger partial charge in [0.1, 0.15) is 0 Å². The van der Waals surface area contributed by atoms with E-state index in [9.17, 15) is 4.79 Å². The van der Waals surface area contributed by atoms with Crippen molar-refractivity contribution in [1.29, 1.82) is 0 Å². The van der Waals surface area contributed by atoms with Gasteiger partial charge in [-0.1, -0.05) is 26.7 Å². The summed E-state index contributed by atoms with van der Waals surface area (Å²) in [5, 5.41) is 12.1. The van der Waals surface area contributed by atoms with E-state index in [2.05, 4.69) is 29.1 Å². The third-order valence-corrected chi connectivity index (χ3v) is 3.02. The van der Waals surface area contributed by atoms with Gasteiger partial charge in [-0.2, -0.15) is 0 Å². The van der Waals surface area contributed by atoms with Crippen LogP contribution in [0.2, 0.25) is 0 Å². The lowest BCUT2D eigenvalue weighted by Gasteiger charge is -2.23. The van der Waals surface area contributed by atoms with Crippen molar-refractivity contribution in [3.05, 3.63) is 18.1 Å². The number of hydrogen-bond acceptors (Lipinski definition) is 4. The number of rotatable bonds is 6. The van der Waals surface area contributed by atoms with E-state index in [4.69, 9.17) is 5.11 Å². The number of aromatic nitrogens is 2. The van der Waals surface area contributed by atoms with Crippen LogP contribution in [0.4, 0.5) is 5.82 Å². The molecule has 0 amide bonds. The van der Waals surface area contributed by atoms with E-state index in [-0.39, 0.29) is 11.7 Å². The highest BCUT2D eigenvalue weighted by atomic mass is 16.4. The molecule has 1 rings (SSSR count). The summed E-state index contributed by atoms with van der Waals surface area (Å²) in [6, 6.07) is 0.180. The maximum absolute atomic E-state index is 11.0. The molecule has 94 valence electrons. The van der Waals surface area contributed by atoms with E-state index in [0.717, 1.165) is 12.8 Å². The zero-order valence-electron chi connectivity index (χ0n) is 10.5. The maximum atomic E-state index is 11.0. The first-order valence-electron chi connectivity index (χ1n) is 5.90. The first-order valence-corrected chi connectivity index (χ1v) is 5.90. The predicted molar refractivity (Wildman–Crippen MR) is 66.1 cm³/mol. The van der Waals surface area contributed by atoms with Gasteiger partial charge < -0.3 is 10.4 Å². The SMILES string of the molecule is CCC(CC)C(C)Nc1nccnc1C(=O)O. The van der Waals surface area contributed by atoms with Gasteiger partial charge in [0.2, 0.25) is 0 Å². The summed E-state index contributed by atoms with van der Waals surface area (Å²) < 4.78 is 0. The van der Waals surface area contributed by atoms with E-state index >= 15 is 0 Å². The van der Waals surface area contributed by atoms with Crippen molar-refractivity contribution in [1.82, 2.24) is 9.97 Å². The minimum atomic E-state index is -1.06. The molecule has 0 saturated heterocycles. The third kappa shape index (κ3) is 3.41. The zero-order chi connectivity index (χ0) is 12.8. The van der Waals surface area contributed by atoms with Crippen LogP contribution in [0.1, 0.15) is 44.1 Å². The molecule has 1 unspecified atom stereocenters. The first-order chi connectivity index (χ1) is 8.10. The van der Waals surface area contributed by atoms with Crippen molar-refractivity contribution in [3.63, 3.8) is 0 Å². The topological polar surface area (TPSA) is 75.1 Å². The molecule has 0 spiro atoms. The van der Waals surface area contributed by atoms with Crippen LogP contribution in [0.25, 0.3) is 0 Å². The maximum Gasteiger partial charge on any atom is 0.358 e. The predicted octanol–water partition coefficient (Wildman–Crippen LogP) is 2.41. The molecule has 1 aromatic heterocycles. The second-order valence-electron chi connectivity index (χ2n) is 4.07. The van der Waals surface area contributed by atoms with Gasteiger partial charge in [0, 0.05) is 18.4 Å². The van der Waals surface area contributed by atoms with Gasteiger partial charge >= 0.3 is 5.97 Å². The molecule has 0 aromatic carbocycles. The fourth-order valence-corrected chi connectivity index (χ4v) is 1.93. The molecule has 1 heterocycles. The number of carboxylic acid groups (broad SMARTS) is 1. The quantitative estimate of drug-likeness (QED) is 0.794. The second-order valence-corrected chi connectivity index (χ2v) is 4.07. The lowest BCUT2D eigenvalue weighted by Crippen LogP contribution is -2.27. The fourth-order valence-electron chi connectivity index (χ4n) is 1.93. The van der Waals surface area contributed by atoms with Gasteiger partial charge in [0.25, 0.3) is 0 Å². The molecule has 0 radical (unpaired) electrons. The Morgan fingerprint density at radius 1 is 1.35 bits per heavy atom. The number of nitrogens with one attached hydrogen (secondary N) is 1. The summed E-state index contributed by atoms with van der Waals surface area (Å²) in [7, 11) is 0. The summed E-state index contributed by atoms with van der Waals surface area (Å²) in [5.41, 5.74) is -0.0229. The van der Waals surface area contributed by atoms with Crippen molar-refractivity contribution in [3.8, 4) is 0 Å². The first kappa shape index (κ1) is 13.4. The summed E-state index contributed by atoms with van der Waals surface area (Å²) in [6.07, 6.45) is 4.98. The van der Waals surface area contributed by atoms with Crippen LogP contribution in [0.15, 0.2) is 12.4 Å². The van der Waals surface area contributed by atoms with Crippen LogP contribution >= 0.6 is 0 Å². The Balaban J connectivity index is 2.84. The van der Waals surface area contributed by atoms with E-state index in [1.165, 1.54) is 12.4 Å². The Labute approximate surface area is 101 Å². The largest absolute Gasteiger partial charge is 0.476 e. The highest BCUT2D eigenvalue weighted by molar-refractivity contribution is 5.90. The van der Waals surface area contributed by atoms with Crippen LogP contribution in [0.5, 0.6) is 0 Å². The van der Waals surface area contributed by atoms with Gasteiger partial charge in [-0.15, -0.1) is 0 Å². The molecular weight excluding hydrogens is 218 g/mol. The summed E-state index contributed by atoms with van der Waals surface area (Å²) in [4.78, 5) is 18.8. The van der Waals surface area contributed by atoms with Gasteiger partial charge in [-0.05, 0) is 12.8 Å². The number of carbonyl (C=O) groups is 1. The van der Waals surface area contributed by atoms with E-state index in [1.54, 1.807) is 0 Å². The lowest BCUT2D eigenvalue weighted by atomic mass is 9.95. The van der Waals surface area contributed by atoms with Crippen molar-refractivity contribution < 1.29 is 9.90 Å². The molecule has 1 atom stereocenters. The van der Waals surface area contributed by atoms with Gasteiger partial charge in [-0.3, -0.25) is 0 Å². The zero-order valence-corrected chi connectivity index (χ0v) is 10.5. The minimum absolute atomic E-state index is 0.0229. The Morgan fingerprint density at radius 2 is 1.94 bits per heavy atom. The Kier molecular flexibility index (Phi) is 4.87. The van der Waals surface area contributed by atoms with Gasteiger partial charge in [-0.25, -0.2) is 14.8 Å². The number of nitrogens with zero attached hydrogens (tertiary/aromatic N) is 2. The minimum Gasteiger partial charge on any atom is -0.476 e. The molecule has 1 aromatic rings. The normalized spacial score (nSPS) is 12.5. The van der Waals surface area contributed by atoms with E-state index in [0.29, 0.717) is 11.7 Å². The summed E-state index contributed by atoms with van der Waals surface area (Å²) in [6.45, 7) is 6.29. The average molecular weight is 237 g/mol. The molecule has 0 fully saturated rings.